The maximum absolute atomic E-state index is 14.0. The van der Waals surface area contributed by atoms with E-state index in [-0.39, 0.29) is 5.92 Å². The molecule has 0 aromatic heterocycles. The Balaban J connectivity index is 1.46. The van der Waals surface area contributed by atoms with Crippen molar-refractivity contribution in [3.05, 3.63) is 47.0 Å². The molecule has 0 saturated heterocycles. The molecule has 2 aliphatic carbocycles. The number of allylic oxidation sites excluding steroid dienone is 2. The maximum atomic E-state index is 14.0. The number of unbranched alkanes of at least 4 members (excludes halogenated alkanes) is 1. The Hall–Kier alpha value is -1.39. The van der Waals surface area contributed by atoms with Crippen LogP contribution < -0.4 is 0 Å². The average Bonchev–Trinajstić information content (AvgIpc) is 2.73. The second-order valence-corrected chi connectivity index (χ2v) is 9.59. The Bertz CT molecular complexity index is 697. The zero-order valence-electron chi connectivity index (χ0n) is 18.5. The molecular formula is C26H35F5. The van der Waals surface area contributed by atoms with Crippen LogP contribution in [0.25, 0.3) is 0 Å². The van der Waals surface area contributed by atoms with Crippen LogP contribution in [0.3, 0.4) is 0 Å². The van der Waals surface area contributed by atoms with E-state index in [2.05, 4.69) is 19.1 Å². The van der Waals surface area contributed by atoms with E-state index in [1.165, 1.54) is 51.4 Å². The molecule has 0 aliphatic heterocycles. The molecule has 0 bridgehead atoms. The van der Waals surface area contributed by atoms with Crippen molar-refractivity contribution in [1.82, 2.24) is 0 Å². The Morgan fingerprint density at radius 1 is 0.806 bits per heavy atom. The highest BCUT2D eigenvalue weighted by molar-refractivity contribution is 5.30. The molecule has 174 valence electrons. The van der Waals surface area contributed by atoms with E-state index in [1.54, 1.807) is 0 Å². The standard InChI is InChI=1S/C26H35F5/c1-2-3-4-5-6-7-18-8-10-19(11-9-18)20-12-14-21(15-13-20)22-16-23(27)25(24(28)17-22)26(29,30)31/h4-5,16-21H,2-3,6-15H2,1H3. The lowest BCUT2D eigenvalue weighted by molar-refractivity contribution is -0.142. The summed E-state index contributed by atoms with van der Waals surface area (Å²) < 4.78 is 66.3. The van der Waals surface area contributed by atoms with E-state index < -0.39 is 23.4 Å². The number of alkyl halides is 3. The van der Waals surface area contributed by atoms with Gasteiger partial charge in [0.05, 0.1) is 0 Å². The highest BCUT2D eigenvalue weighted by atomic mass is 19.4. The first-order valence-electron chi connectivity index (χ1n) is 12.0. The second-order valence-electron chi connectivity index (χ2n) is 9.59. The van der Waals surface area contributed by atoms with Crippen LogP contribution >= 0.6 is 0 Å². The monoisotopic (exact) mass is 442 g/mol. The molecule has 1 aromatic rings. The van der Waals surface area contributed by atoms with E-state index in [0.717, 1.165) is 49.7 Å². The Kier molecular flexibility index (Phi) is 8.58. The molecule has 0 atom stereocenters. The minimum Gasteiger partial charge on any atom is -0.206 e. The van der Waals surface area contributed by atoms with Crippen LogP contribution in [0.1, 0.15) is 101 Å². The largest absolute Gasteiger partial charge is 0.422 e. The van der Waals surface area contributed by atoms with Gasteiger partial charge in [0, 0.05) is 0 Å². The van der Waals surface area contributed by atoms with Crippen molar-refractivity contribution in [3.8, 4) is 0 Å². The van der Waals surface area contributed by atoms with Crippen molar-refractivity contribution in [3.63, 3.8) is 0 Å². The van der Waals surface area contributed by atoms with E-state index in [4.69, 9.17) is 0 Å². The van der Waals surface area contributed by atoms with Gasteiger partial charge in [0.25, 0.3) is 0 Å². The van der Waals surface area contributed by atoms with Gasteiger partial charge in [-0.1, -0.05) is 38.3 Å². The smallest absolute Gasteiger partial charge is 0.206 e. The predicted octanol–water partition coefficient (Wildman–Crippen LogP) is 9.20. The van der Waals surface area contributed by atoms with Gasteiger partial charge in [-0.15, -0.1) is 0 Å². The molecule has 2 fully saturated rings. The molecule has 5 heteroatoms. The topological polar surface area (TPSA) is 0 Å². The van der Waals surface area contributed by atoms with Crippen molar-refractivity contribution >= 4 is 0 Å². The fourth-order valence-corrected chi connectivity index (χ4v) is 5.71. The van der Waals surface area contributed by atoms with E-state index >= 15 is 0 Å². The van der Waals surface area contributed by atoms with Crippen molar-refractivity contribution in [2.24, 2.45) is 17.8 Å². The van der Waals surface area contributed by atoms with Gasteiger partial charge in [-0.3, -0.25) is 0 Å². The number of hydrogen-bond acceptors (Lipinski definition) is 0. The van der Waals surface area contributed by atoms with Gasteiger partial charge in [0.1, 0.15) is 17.2 Å². The quantitative estimate of drug-likeness (QED) is 0.292. The molecule has 0 amide bonds. The van der Waals surface area contributed by atoms with Crippen molar-refractivity contribution in [2.45, 2.75) is 96.1 Å². The van der Waals surface area contributed by atoms with Gasteiger partial charge in [-0.2, -0.15) is 13.2 Å². The average molecular weight is 443 g/mol. The van der Waals surface area contributed by atoms with Crippen LogP contribution in [0.2, 0.25) is 0 Å². The second kappa shape index (κ2) is 11.0. The first kappa shape index (κ1) is 24.3. The summed E-state index contributed by atoms with van der Waals surface area (Å²) in [6.07, 6.45) is 13.2. The van der Waals surface area contributed by atoms with Crippen molar-refractivity contribution < 1.29 is 22.0 Å². The normalized spacial score (nSPS) is 27.7. The molecular weight excluding hydrogens is 407 g/mol. The third-order valence-electron chi connectivity index (χ3n) is 7.51. The van der Waals surface area contributed by atoms with E-state index in [1.807, 2.05) is 0 Å². The SMILES string of the molecule is CCCC=CCCC1CCC(C2CCC(c3cc(F)c(C(F)(F)F)c(F)c3)CC2)CC1. The zero-order valence-corrected chi connectivity index (χ0v) is 18.5. The summed E-state index contributed by atoms with van der Waals surface area (Å²) in [7, 11) is 0. The van der Waals surface area contributed by atoms with Crippen molar-refractivity contribution in [1.29, 1.82) is 0 Å². The number of rotatable bonds is 7. The van der Waals surface area contributed by atoms with Gasteiger partial charge in [-0.25, -0.2) is 8.78 Å². The molecule has 0 nitrogen and oxygen atoms in total. The summed E-state index contributed by atoms with van der Waals surface area (Å²) in [4.78, 5) is 0. The lowest BCUT2D eigenvalue weighted by Gasteiger charge is -2.38. The predicted molar refractivity (Wildman–Crippen MR) is 115 cm³/mol. The molecule has 31 heavy (non-hydrogen) atoms. The fraction of sp³-hybridized carbons (Fsp3) is 0.692. The Morgan fingerprint density at radius 2 is 1.32 bits per heavy atom. The third-order valence-corrected chi connectivity index (χ3v) is 7.51. The first-order chi connectivity index (χ1) is 14.8. The molecule has 0 N–H and O–H groups in total. The molecule has 0 spiro atoms. The van der Waals surface area contributed by atoms with Gasteiger partial charge in [-0.05, 0) is 99.2 Å². The lowest BCUT2D eigenvalue weighted by atomic mass is 9.68. The minimum atomic E-state index is -5.00. The molecule has 3 rings (SSSR count). The summed E-state index contributed by atoms with van der Waals surface area (Å²) >= 11 is 0. The molecule has 2 saturated carbocycles. The number of hydrogen-bond donors (Lipinski definition) is 0. The molecule has 0 radical (unpaired) electrons. The number of halogens is 5. The summed E-state index contributed by atoms with van der Waals surface area (Å²) in [5.74, 6) is -0.828. The maximum Gasteiger partial charge on any atom is 0.422 e. The van der Waals surface area contributed by atoms with Gasteiger partial charge >= 0.3 is 6.18 Å². The van der Waals surface area contributed by atoms with Crippen LogP contribution in [-0.4, -0.2) is 0 Å². The fourth-order valence-electron chi connectivity index (χ4n) is 5.71. The van der Waals surface area contributed by atoms with Gasteiger partial charge in [0.15, 0.2) is 0 Å². The highest BCUT2D eigenvalue weighted by Gasteiger charge is 2.39. The third kappa shape index (κ3) is 6.55. The molecule has 0 unspecified atom stereocenters. The van der Waals surface area contributed by atoms with Gasteiger partial charge in [0.2, 0.25) is 0 Å². The van der Waals surface area contributed by atoms with Crippen LogP contribution in [0.5, 0.6) is 0 Å². The van der Waals surface area contributed by atoms with Crippen LogP contribution in [0, 0.1) is 29.4 Å². The molecule has 1 aromatic carbocycles. The van der Waals surface area contributed by atoms with E-state index in [0.29, 0.717) is 11.5 Å². The minimum absolute atomic E-state index is 0.0474. The first-order valence-corrected chi connectivity index (χ1v) is 12.0. The zero-order chi connectivity index (χ0) is 22.4. The van der Waals surface area contributed by atoms with Crippen molar-refractivity contribution in [2.75, 3.05) is 0 Å². The van der Waals surface area contributed by atoms with Gasteiger partial charge < -0.3 is 0 Å². The van der Waals surface area contributed by atoms with Crippen LogP contribution in [-0.2, 0) is 6.18 Å². The summed E-state index contributed by atoms with van der Waals surface area (Å²) in [6, 6.07) is 1.80. The molecule has 2 aliphatic rings. The summed E-state index contributed by atoms with van der Waals surface area (Å²) in [5, 5.41) is 0. The van der Waals surface area contributed by atoms with E-state index in [9.17, 15) is 22.0 Å². The lowest BCUT2D eigenvalue weighted by Crippen LogP contribution is -2.25. The molecule has 0 heterocycles. The Labute approximate surface area is 183 Å². The van der Waals surface area contributed by atoms with Crippen LogP contribution in [0.4, 0.5) is 22.0 Å². The summed E-state index contributed by atoms with van der Waals surface area (Å²) in [6.45, 7) is 2.19. The highest BCUT2D eigenvalue weighted by Crippen LogP contribution is 2.45. The Morgan fingerprint density at radius 3 is 1.84 bits per heavy atom. The summed E-state index contributed by atoms with van der Waals surface area (Å²) in [5.41, 5.74) is -1.40. The number of benzene rings is 1. The van der Waals surface area contributed by atoms with Crippen LogP contribution in [0.15, 0.2) is 24.3 Å².